The minimum atomic E-state index is 0.370. The van der Waals surface area contributed by atoms with Gasteiger partial charge in [-0.2, -0.15) is 10.4 Å². The van der Waals surface area contributed by atoms with Crippen LogP contribution in [-0.4, -0.2) is 41.4 Å². The second-order valence-electron chi connectivity index (χ2n) is 9.77. The lowest BCUT2D eigenvalue weighted by Gasteiger charge is -2.49. The Bertz CT molecular complexity index is 1410. The molecule has 2 aliphatic heterocycles. The van der Waals surface area contributed by atoms with E-state index in [0.29, 0.717) is 17.6 Å². The maximum Gasteiger partial charge on any atom is 0.130 e. The summed E-state index contributed by atoms with van der Waals surface area (Å²) in [6.07, 6.45) is 5.88. The van der Waals surface area contributed by atoms with Gasteiger partial charge in [-0.05, 0) is 60.6 Å². The van der Waals surface area contributed by atoms with Crippen LogP contribution in [0.5, 0.6) is 5.75 Å². The van der Waals surface area contributed by atoms with Gasteiger partial charge in [0.05, 0.1) is 28.7 Å². The predicted molar refractivity (Wildman–Crippen MR) is 136 cm³/mol. The minimum Gasteiger partial charge on any atom is -0.487 e. The molecule has 0 atom stereocenters. The van der Waals surface area contributed by atoms with E-state index < -0.39 is 0 Å². The van der Waals surface area contributed by atoms with Crippen LogP contribution in [0.15, 0.2) is 54.9 Å². The van der Waals surface area contributed by atoms with Crippen molar-refractivity contribution in [3.63, 3.8) is 0 Å². The highest BCUT2D eigenvalue weighted by atomic mass is 16.5. The fourth-order valence-corrected chi connectivity index (χ4v) is 5.43. The molecule has 6 rings (SSSR count). The summed E-state index contributed by atoms with van der Waals surface area (Å²) in [6, 6.07) is 16.5. The number of aromatic nitrogens is 3. The van der Waals surface area contributed by atoms with E-state index in [-0.39, 0.29) is 0 Å². The molecule has 35 heavy (non-hydrogen) atoms. The van der Waals surface area contributed by atoms with E-state index in [4.69, 9.17) is 4.74 Å². The van der Waals surface area contributed by atoms with Crippen molar-refractivity contribution in [3.05, 3.63) is 71.7 Å². The van der Waals surface area contributed by atoms with E-state index >= 15 is 0 Å². The molecule has 176 valence electrons. The molecule has 2 N–H and O–H groups in total. The molecule has 0 saturated carbocycles. The molecule has 0 radical (unpaired) electrons. The number of pyridine rings is 1. The van der Waals surface area contributed by atoms with Gasteiger partial charge in [0.1, 0.15) is 18.4 Å². The van der Waals surface area contributed by atoms with Gasteiger partial charge in [0.15, 0.2) is 0 Å². The minimum absolute atomic E-state index is 0.370. The van der Waals surface area contributed by atoms with Crippen molar-refractivity contribution in [3.8, 4) is 22.9 Å². The van der Waals surface area contributed by atoms with E-state index in [1.165, 1.54) is 0 Å². The smallest absolute Gasteiger partial charge is 0.130 e. The maximum absolute atomic E-state index is 10.4. The summed E-state index contributed by atoms with van der Waals surface area (Å²) >= 11 is 0. The van der Waals surface area contributed by atoms with Gasteiger partial charge >= 0.3 is 0 Å². The van der Waals surface area contributed by atoms with E-state index in [1.54, 1.807) is 6.20 Å². The lowest BCUT2D eigenvalue weighted by atomic mass is 9.73. The summed E-state index contributed by atoms with van der Waals surface area (Å²) < 4.78 is 6.26. The molecule has 7 nitrogen and oxygen atoms in total. The lowest BCUT2D eigenvalue weighted by molar-refractivity contribution is 0.126. The molecule has 7 heteroatoms. The van der Waals surface area contributed by atoms with E-state index in [2.05, 4.69) is 44.5 Å². The Morgan fingerprint density at radius 2 is 2.00 bits per heavy atom. The SMILES string of the molecule is Cc1ccc2[nH]ncc2c1-c1cc(OCc2ccccn2)cc(N2CCC3(CC2)CNC3)c1C#N. The number of H-pyrrole nitrogens is 1. The number of fused-ring (bicyclic) bond motifs is 1. The third-order valence-corrected chi connectivity index (χ3v) is 7.58. The number of nitrogens with one attached hydrogen (secondary N) is 2. The van der Waals surface area contributed by atoms with Gasteiger partial charge in [-0.15, -0.1) is 0 Å². The largest absolute Gasteiger partial charge is 0.487 e. The van der Waals surface area contributed by atoms with Crippen LogP contribution in [0.2, 0.25) is 0 Å². The number of benzene rings is 2. The number of anilines is 1. The summed E-state index contributed by atoms with van der Waals surface area (Å²) in [7, 11) is 0. The number of ether oxygens (including phenoxy) is 1. The molecule has 0 aliphatic carbocycles. The molecule has 0 unspecified atom stereocenters. The molecule has 2 fully saturated rings. The molecule has 4 aromatic rings. The van der Waals surface area contributed by atoms with Crippen molar-refractivity contribution in [1.82, 2.24) is 20.5 Å². The standard InChI is InChI=1S/C28H28N6O/c1-19-5-6-25-24(15-32-33-25)27(19)22-12-21(35-16-20-4-2-3-9-31-20)13-26(23(22)14-29)34-10-7-28(8-11-34)17-30-18-28/h2-6,9,12-13,15,30H,7-8,10-11,16-18H2,1H3,(H,32,33). The van der Waals surface area contributed by atoms with Crippen molar-refractivity contribution < 1.29 is 4.74 Å². The predicted octanol–water partition coefficient (Wildman–Crippen LogP) is 4.57. The Hall–Kier alpha value is -3.89. The van der Waals surface area contributed by atoms with E-state index in [1.807, 2.05) is 42.6 Å². The van der Waals surface area contributed by atoms with Gasteiger partial charge in [0, 0.05) is 49.4 Å². The number of hydrogen-bond acceptors (Lipinski definition) is 6. The fraction of sp³-hybridized carbons (Fsp3) is 0.321. The number of aryl methyl sites for hydroxylation is 1. The highest BCUT2D eigenvalue weighted by Gasteiger charge is 2.40. The summed E-state index contributed by atoms with van der Waals surface area (Å²) in [6.45, 7) is 6.54. The van der Waals surface area contributed by atoms with Gasteiger partial charge in [0.25, 0.3) is 0 Å². The molecular formula is C28H28N6O. The van der Waals surface area contributed by atoms with Crippen LogP contribution in [0.4, 0.5) is 5.69 Å². The number of rotatable bonds is 5. The monoisotopic (exact) mass is 464 g/mol. The van der Waals surface area contributed by atoms with Crippen LogP contribution in [0, 0.1) is 23.7 Å². The van der Waals surface area contributed by atoms with Crippen LogP contribution >= 0.6 is 0 Å². The Morgan fingerprint density at radius 3 is 2.71 bits per heavy atom. The Balaban J connectivity index is 1.45. The first-order valence-electron chi connectivity index (χ1n) is 12.2. The van der Waals surface area contributed by atoms with Gasteiger partial charge in [0.2, 0.25) is 0 Å². The second-order valence-corrected chi connectivity index (χ2v) is 9.77. The summed E-state index contributed by atoms with van der Waals surface area (Å²) in [4.78, 5) is 6.76. The molecule has 1 spiro atoms. The number of piperidine rings is 1. The Kier molecular flexibility index (Phi) is 5.39. The van der Waals surface area contributed by atoms with Crippen molar-refractivity contribution in [2.45, 2.75) is 26.4 Å². The molecule has 0 bridgehead atoms. The number of nitriles is 1. The van der Waals surface area contributed by atoms with Gasteiger partial charge < -0.3 is 15.0 Å². The molecule has 2 aliphatic rings. The third kappa shape index (κ3) is 3.90. The molecule has 2 saturated heterocycles. The zero-order valence-electron chi connectivity index (χ0n) is 19.8. The van der Waals surface area contributed by atoms with Crippen LogP contribution in [-0.2, 0) is 6.61 Å². The molecule has 4 heterocycles. The van der Waals surface area contributed by atoms with E-state index in [9.17, 15) is 5.26 Å². The van der Waals surface area contributed by atoms with Crippen LogP contribution in [0.25, 0.3) is 22.0 Å². The summed E-state index contributed by atoms with van der Waals surface area (Å²) in [5.41, 5.74) is 6.89. The summed E-state index contributed by atoms with van der Waals surface area (Å²) in [5.74, 6) is 0.741. The van der Waals surface area contributed by atoms with Gasteiger partial charge in [-0.1, -0.05) is 12.1 Å². The highest BCUT2D eigenvalue weighted by Crippen LogP contribution is 2.43. The van der Waals surface area contributed by atoms with Gasteiger partial charge in [-0.3, -0.25) is 10.1 Å². The third-order valence-electron chi connectivity index (χ3n) is 7.58. The number of nitrogens with zero attached hydrogens (tertiary/aromatic N) is 4. The summed E-state index contributed by atoms with van der Waals surface area (Å²) in [5, 5.41) is 22.2. The van der Waals surface area contributed by atoms with Crippen LogP contribution in [0.1, 0.15) is 29.7 Å². The first-order chi connectivity index (χ1) is 17.2. The fourth-order valence-electron chi connectivity index (χ4n) is 5.43. The molecule has 2 aromatic carbocycles. The highest BCUT2D eigenvalue weighted by molar-refractivity contribution is 5.99. The topological polar surface area (TPSA) is 89.9 Å². The first kappa shape index (κ1) is 21.6. The zero-order chi connectivity index (χ0) is 23.8. The number of aromatic amines is 1. The maximum atomic E-state index is 10.4. The van der Waals surface area contributed by atoms with E-state index in [0.717, 1.165) is 83.7 Å². The van der Waals surface area contributed by atoms with Crippen molar-refractivity contribution in [1.29, 1.82) is 5.26 Å². The number of hydrogen-bond donors (Lipinski definition) is 2. The Morgan fingerprint density at radius 1 is 1.14 bits per heavy atom. The average molecular weight is 465 g/mol. The lowest BCUT2D eigenvalue weighted by Crippen LogP contribution is -2.58. The first-order valence-corrected chi connectivity index (χ1v) is 12.2. The normalized spacial score (nSPS) is 16.7. The Labute approximate surface area is 204 Å². The zero-order valence-corrected chi connectivity index (χ0v) is 19.8. The molecule has 0 amide bonds. The second kappa shape index (κ2) is 8.71. The molecular weight excluding hydrogens is 436 g/mol. The molecule has 2 aromatic heterocycles. The van der Waals surface area contributed by atoms with Crippen molar-refractivity contribution in [2.75, 3.05) is 31.1 Å². The van der Waals surface area contributed by atoms with Crippen molar-refractivity contribution >= 4 is 16.6 Å². The average Bonchev–Trinajstić information content (AvgIpc) is 3.35. The van der Waals surface area contributed by atoms with Gasteiger partial charge in [-0.25, -0.2) is 0 Å². The van der Waals surface area contributed by atoms with Crippen molar-refractivity contribution in [2.24, 2.45) is 5.41 Å². The van der Waals surface area contributed by atoms with Crippen LogP contribution in [0.3, 0.4) is 0 Å². The quantitative estimate of drug-likeness (QED) is 0.450. The van der Waals surface area contributed by atoms with Crippen LogP contribution < -0.4 is 15.0 Å².